The molecule has 2 nitrogen and oxygen atoms in total. The Morgan fingerprint density at radius 3 is 2.82 bits per heavy atom. The molecule has 1 aliphatic carbocycles. The molecule has 0 spiro atoms. The lowest BCUT2D eigenvalue weighted by molar-refractivity contribution is 0.0922. The van der Waals surface area contributed by atoms with Crippen LogP contribution >= 0.6 is 0 Å². The van der Waals surface area contributed by atoms with E-state index in [4.69, 9.17) is 0 Å². The Bertz CT molecular complexity index is 433. The largest absolute Gasteiger partial charge is 0.385 e. The summed E-state index contributed by atoms with van der Waals surface area (Å²) in [7, 11) is 0. The van der Waals surface area contributed by atoms with E-state index in [1.165, 1.54) is 24.1 Å². The van der Waals surface area contributed by atoms with Crippen LogP contribution in [0.5, 0.6) is 0 Å². The minimum atomic E-state index is 0.295. The number of carbonyl (C=O) groups is 1. The van der Waals surface area contributed by atoms with Gasteiger partial charge in [0, 0.05) is 23.7 Å². The molecule has 0 bridgehead atoms. The summed E-state index contributed by atoms with van der Waals surface area (Å²) < 4.78 is 0. The molecule has 1 aliphatic heterocycles. The van der Waals surface area contributed by atoms with Gasteiger partial charge in [-0.15, -0.1) is 0 Å². The quantitative estimate of drug-likeness (QED) is 0.787. The number of hydrogen-bond donors (Lipinski definition) is 1. The summed E-state index contributed by atoms with van der Waals surface area (Å²) in [5, 5.41) is 3.40. The second-order valence-electron chi connectivity index (χ2n) is 5.21. The van der Waals surface area contributed by atoms with Crippen molar-refractivity contribution >= 4 is 11.5 Å². The van der Waals surface area contributed by atoms with Crippen LogP contribution in [0.2, 0.25) is 0 Å². The van der Waals surface area contributed by atoms with Gasteiger partial charge in [0.05, 0.1) is 0 Å². The molecule has 2 aliphatic rings. The molecular weight excluding hydrogens is 210 g/mol. The zero-order chi connectivity index (χ0) is 11.7. The van der Waals surface area contributed by atoms with Crippen LogP contribution in [-0.4, -0.2) is 12.3 Å². The average molecular weight is 229 g/mol. The lowest BCUT2D eigenvalue weighted by atomic mass is 9.89. The van der Waals surface area contributed by atoms with Crippen molar-refractivity contribution in [3.8, 4) is 0 Å². The SMILES string of the molecule is O=C(c1cccc2c1CCCN2)C1CCCC1. The lowest BCUT2D eigenvalue weighted by Crippen LogP contribution is -2.18. The summed E-state index contributed by atoms with van der Waals surface area (Å²) in [5.74, 6) is 0.687. The van der Waals surface area contributed by atoms with Gasteiger partial charge in [0.1, 0.15) is 0 Å². The summed E-state index contributed by atoms with van der Waals surface area (Å²) in [6, 6.07) is 6.13. The lowest BCUT2D eigenvalue weighted by Gasteiger charge is -2.21. The Morgan fingerprint density at radius 2 is 2.00 bits per heavy atom. The molecule has 1 aromatic carbocycles. The molecule has 1 N–H and O–H groups in total. The fourth-order valence-electron chi connectivity index (χ4n) is 3.15. The van der Waals surface area contributed by atoms with Gasteiger partial charge >= 0.3 is 0 Å². The van der Waals surface area contributed by atoms with E-state index in [9.17, 15) is 4.79 Å². The van der Waals surface area contributed by atoms with Crippen molar-refractivity contribution in [1.29, 1.82) is 0 Å². The number of ketones is 1. The van der Waals surface area contributed by atoms with Crippen LogP contribution in [0.3, 0.4) is 0 Å². The van der Waals surface area contributed by atoms with Gasteiger partial charge in [0.15, 0.2) is 5.78 Å². The molecule has 3 rings (SSSR count). The first kappa shape index (κ1) is 10.8. The fourth-order valence-corrected chi connectivity index (χ4v) is 3.15. The van der Waals surface area contributed by atoms with Crippen molar-refractivity contribution in [2.24, 2.45) is 5.92 Å². The van der Waals surface area contributed by atoms with Crippen molar-refractivity contribution in [2.45, 2.75) is 38.5 Å². The van der Waals surface area contributed by atoms with Gasteiger partial charge in [0.2, 0.25) is 0 Å². The fraction of sp³-hybridized carbons (Fsp3) is 0.533. The van der Waals surface area contributed by atoms with E-state index in [-0.39, 0.29) is 0 Å². The third-order valence-corrected chi connectivity index (χ3v) is 4.09. The summed E-state index contributed by atoms with van der Waals surface area (Å²) in [5.41, 5.74) is 3.43. The predicted molar refractivity (Wildman–Crippen MR) is 69.5 cm³/mol. The predicted octanol–water partition coefficient (Wildman–Crippen LogP) is 3.42. The Morgan fingerprint density at radius 1 is 1.18 bits per heavy atom. The number of Topliss-reactive ketones (excluding diaryl/α,β-unsaturated/α-hetero) is 1. The van der Waals surface area contributed by atoms with E-state index < -0.39 is 0 Å². The molecule has 0 radical (unpaired) electrons. The number of nitrogens with one attached hydrogen (secondary N) is 1. The maximum atomic E-state index is 12.5. The van der Waals surface area contributed by atoms with E-state index in [0.717, 1.165) is 37.8 Å². The van der Waals surface area contributed by atoms with Crippen LogP contribution in [0.4, 0.5) is 5.69 Å². The molecule has 0 unspecified atom stereocenters. The van der Waals surface area contributed by atoms with Gasteiger partial charge in [-0.05, 0) is 37.3 Å². The third-order valence-electron chi connectivity index (χ3n) is 4.09. The number of rotatable bonds is 2. The van der Waals surface area contributed by atoms with Gasteiger partial charge in [-0.3, -0.25) is 4.79 Å². The Balaban J connectivity index is 1.94. The maximum absolute atomic E-state index is 12.5. The summed E-state index contributed by atoms with van der Waals surface area (Å²) >= 11 is 0. The molecule has 17 heavy (non-hydrogen) atoms. The third kappa shape index (κ3) is 1.97. The molecule has 90 valence electrons. The molecule has 0 aromatic heterocycles. The Labute approximate surface area is 102 Å². The van der Waals surface area contributed by atoms with Gasteiger partial charge in [0.25, 0.3) is 0 Å². The molecule has 0 atom stereocenters. The standard InChI is InChI=1S/C15H19NO/c17-15(11-5-1-2-6-11)13-7-3-9-14-12(13)8-4-10-16-14/h3,7,9,11,16H,1-2,4-6,8,10H2. The first-order valence-electron chi connectivity index (χ1n) is 6.76. The number of fused-ring (bicyclic) bond motifs is 1. The topological polar surface area (TPSA) is 29.1 Å². The smallest absolute Gasteiger partial charge is 0.166 e. The van der Waals surface area contributed by atoms with Crippen LogP contribution in [0.1, 0.15) is 48.0 Å². The maximum Gasteiger partial charge on any atom is 0.166 e. The van der Waals surface area contributed by atoms with E-state index in [1.807, 2.05) is 12.1 Å². The normalized spacial score (nSPS) is 19.8. The van der Waals surface area contributed by atoms with E-state index in [0.29, 0.717) is 11.7 Å². The van der Waals surface area contributed by atoms with E-state index >= 15 is 0 Å². The van der Waals surface area contributed by atoms with Crippen molar-refractivity contribution in [1.82, 2.24) is 0 Å². The molecule has 1 aromatic rings. The molecule has 1 fully saturated rings. The second kappa shape index (κ2) is 4.52. The molecule has 1 saturated carbocycles. The van der Waals surface area contributed by atoms with Crippen LogP contribution < -0.4 is 5.32 Å². The van der Waals surface area contributed by atoms with Gasteiger partial charge in [-0.1, -0.05) is 25.0 Å². The molecule has 2 heteroatoms. The van der Waals surface area contributed by atoms with Crippen LogP contribution in [0, 0.1) is 5.92 Å². The number of anilines is 1. The summed E-state index contributed by atoms with van der Waals surface area (Å²) in [6.45, 7) is 1.04. The van der Waals surface area contributed by atoms with Gasteiger partial charge < -0.3 is 5.32 Å². The molecule has 0 saturated heterocycles. The Hall–Kier alpha value is -1.31. The molecule has 1 heterocycles. The molecule has 0 amide bonds. The minimum absolute atomic E-state index is 0.295. The van der Waals surface area contributed by atoms with Crippen molar-refractivity contribution in [2.75, 3.05) is 11.9 Å². The number of carbonyl (C=O) groups excluding carboxylic acids is 1. The highest BCUT2D eigenvalue weighted by molar-refractivity contribution is 6.00. The van der Waals surface area contributed by atoms with Gasteiger partial charge in [-0.2, -0.15) is 0 Å². The first-order chi connectivity index (χ1) is 8.36. The number of hydrogen-bond acceptors (Lipinski definition) is 2. The van der Waals surface area contributed by atoms with Crippen molar-refractivity contribution in [3.63, 3.8) is 0 Å². The van der Waals surface area contributed by atoms with Crippen LogP contribution in [0.15, 0.2) is 18.2 Å². The zero-order valence-corrected chi connectivity index (χ0v) is 10.2. The zero-order valence-electron chi connectivity index (χ0n) is 10.2. The number of benzene rings is 1. The van der Waals surface area contributed by atoms with E-state index in [2.05, 4.69) is 11.4 Å². The van der Waals surface area contributed by atoms with Crippen molar-refractivity contribution in [3.05, 3.63) is 29.3 Å². The van der Waals surface area contributed by atoms with Crippen LogP contribution in [0.25, 0.3) is 0 Å². The summed E-state index contributed by atoms with van der Waals surface area (Å²) in [4.78, 5) is 12.5. The van der Waals surface area contributed by atoms with E-state index in [1.54, 1.807) is 0 Å². The highest BCUT2D eigenvalue weighted by Gasteiger charge is 2.26. The Kier molecular flexibility index (Phi) is 2.87. The minimum Gasteiger partial charge on any atom is -0.385 e. The second-order valence-corrected chi connectivity index (χ2v) is 5.21. The molecular formula is C15H19NO. The van der Waals surface area contributed by atoms with Crippen molar-refractivity contribution < 1.29 is 4.79 Å². The summed E-state index contributed by atoms with van der Waals surface area (Å²) in [6.07, 6.45) is 6.83. The van der Waals surface area contributed by atoms with Crippen LogP contribution in [-0.2, 0) is 6.42 Å². The highest BCUT2D eigenvalue weighted by Crippen LogP contribution is 2.32. The first-order valence-corrected chi connectivity index (χ1v) is 6.76. The average Bonchev–Trinajstić information content (AvgIpc) is 2.91. The van der Waals surface area contributed by atoms with Gasteiger partial charge in [-0.25, -0.2) is 0 Å². The monoisotopic (exact) mass is 229 g/mol. The highest BCUT2D eigenvalue weighted by atomic mass is 16.1.